The minimum absolute atomic E-state index is 0.0881. The van der Waals surface area contributed by atoms with Crippen LogP contribution in [0.15, 0.2) is 135 Å². The van der Waals surface area contributed by atoms with Crippen molar-refractivity contribution in [1.82, 2.24) is 0 Å². The van der Waals surface area contributed by atoms with Gasteiger partial charge in [-0.2, -0.15) is 0 Å². The smallest absolute Gasteiger partial charge is 0.195 e. The fourth-order valence-corrected chi connectivity index (χ4v) is 9.15. The summed E-state index contributed by atoms with van der Waals surface area (Å²) in [5.74, 6) is 1.44. The molecule has 2 aliphatic carbocycles. The van der Waals surface area contributed by atoms with Crippen LogP contribution in [0.5, 0.6) is 0 Å². The number of fused-ring (bicyclic) bond motifs is 2. The first-order valence-corrected chi connectivity index (χ1v) is 18.7. The van der Waals surface area contributed by atoms with Crippen LogP contribution in [-0.4, -0.2) is 11.6 Å². The highest BCUT2D eigenvalue weighted by atomic mass is 32.2. The molecule has 1 saturated carbocycles. The van der Waals surface area contributed by atoms with Crippen LogP contribution in [0, 0.1) is 5.92 Å². The van der Waals surface area contributed by atoms with E-state index >= 15 is 0 Å². The first-order chi connectivity index (χ1) is 23.1. The van der Waals surface area contributed by atoms with E-state index in [9.17, 15) is 9.59 Å². The SMILES string of the molecule is CCCCCC1CCC(c2ccc(-c3ccc(Sc4ccc(Sc5ccccc5)c5c4C(=O)c4ccccc4C5=O)cc3)cc2)CC1. The van der Waals surface area contributed by atoms with Gasteiger partial charge in [0.15, 0.2) is 11.6 Å². The Morgan fingerprint density at radius 2 is 1.06 bits per heavy atom. The third-order valence-electron chi connectivity index (χ3n) is 9.83. The molecular formula is C43H40O2S2. The molecule has 0 radical (unpaired) electrons. The van der Waals surface area contributed by atoms with E-state index in [-0.39, 0.29) is 11.6 Å². The number of hydrogen-bond donors (Lipinski definition) is 0. The van der Waals surface area contributed by atoms with Crippen molar-refractivity contribution >= 4 is 35.1 Å². The average Bonchev–Trinajstić information content (AvgIpc) is 3.12. The Labute approximate surface area is 287 Å². The summed E-state index contributed by atoms with van der Waals surface area (Å²) in [6, 6.07) is 39.0. The molecule has 0 aromatic heterocycles. The Kier molecular flexibility index (Phi) is 9.79. The number of benzene rings is 5. The van der Waals surface area contributed by atoms with Crippen molar-refractivity contribution in [3.8, 4) is 11.1 Å². The summed E-state index contributed by atoms with van der Waals surface area (Å²) in [5, 5.41) is 0. The number of carbonyl (C=O) groups is 2. The van der Waals surface area contributed by atoms with E-state index in [0.29, 0.717) is 28.2 Å². The molecule has 0 atom stereocenters. The van der Waals surface area contributed by atoms with Gasteiger partial charge in [-0.25, -0.2) is 0 Å². The third kappa shape index (κ3) is 6.91. The van der Waals surface area contributed by atoms with Crippen LogP contribution < -0.4 is 0 Å². The number of unbranched alkanes of at least 4 members (excludes halogenated alkanes) is 2. The van der Waals surface area contributed by atoms with E-state index in [0.717, 1.165) is 25.5 Å². The number of ketones is 2. The summed E-state index contributed by atoms with van der Waals surface area (Å²) >= 11 is 3.07. The molecule has 7 rings (SSSR count). The quantitative estimate of drug-likeness (QED) is 0.138. The van der Waals surface area contributed by atoms with Crippen LogP contribution >= 0.6 is 23.5 Å². The lowest BCUT2D eigenvalue weighted by Crippen LogP contribution is -2.22. The van der Waals surface area contributed by atoms with Crippen molar-refractivity contribution in [1.29, 1.82) is 0 Å². The standard InChI is InChI=1S/C43H40O2S2/c1-2-3-5-10-29-15-17-30(18-16-29)31-19-21-32(22-20-31)33-23-25-35(26-24-33)47-39-28-27-38(46-34-11-6-4-7-12-34)40-41(39)43(45)37-14-9-8-13-36(37)42(40)44/h4,6-9,11-14,19-30H,2-3,5,10,15-18H2,1H3. The highest BCUT2D eigenvalue weighted by Gasteiger charge is 2.34. The van der Waals surface area contributed by atoms with Gasteiger partial charge in [0, 0.05) is 41.8 Å². The maximum absolute atomic E-state index is 13.9. The average molecular weight is 653 g/mol. The monoisotopic (exact) mass is 652 g/mol. The molecule has 2 aliphatic rings. The predicted octanol–water partition coefficient (Wildman–Crippen LogP) is 12.3. The minimum Gasteiger partial charge on any atom is -0.289 e. The van der Waals surface area contributed by atoms with Crippen molar-refractivity contribution in [2.24, 2.45) is 5.92 Å². The third-order valence-corrected chi connectivity index (χ3v) is 12.0. The van der Waals surface area contributed by atoms with Gasteiger partial charge < -0.3 is 0 Å². The largest absolute Gasteiger partial charge is 0.289 e. The van der Waals surface area contributed by atoms with Crippen molar-refractivity contribution < 1.29 is 9.59 Å². The minimum atomic E-state index is -0.0881. The zero-order chi connectivity index (χ0) is 32.2. The molecule has 0 N–H and O–H groups in total. The van der Waals surface area contributed by atoms with Gasteiger partial charge >= 0.3 is 0 Å². The van der Waals surface area contributed by atoms with Gasteiger partial charge in [-0.05, 0) is 90.6 Å². The molecule has 0 aliphatic heterocycles. The summed E-state index contributed by atoms with van der Waals surface area (Å²) in [6.45, 7) is 2.29. The lowest BCUT2D eigenvalue weighted by atomic mass is 9.77. The predicted molar refractivity (Wildman–Crippen MR) is 195 cm³/mol. The summed E-state index contributed by atoms with van der Waals surface area (Å²) < 4.78 is 0. The van der Waals surface area contributed by atoms with E-state index in [4.69, 9.17) is 0 Å². The Hall–Kier alpha value is -3.86. The second kappa shape index (κ2) is 14.5. The van der Waals surface area contributed by atoms with Crippen LogP contribution in [-0.2, 0) is 0 Å². The second-order valence-corrected chi connectivity index (χ2v) is 15.1. The van der Waals surface area contributed by atoms with Gasteiger partial charge in [0.25, 0.3) is 0 Å². The number of hydrogen-bond acceptors (Lipinski definition) is 4. The Bertz CT molecular complexity index is 1870. The van der Waals surface area contributed by atoms with Gasteiger partial charge in [0.2, 0.25) is 0 Å². The number of rotatable bonds is 10. The Balaban J connectivity index is 1.09. The molecule has 5 aromatic carbocycles. The highest BCUT2D eigenvalue weighted by molar-refractivity contribution is 8.00. The first kappa shape index (κ1) is 31.7. The van der Waals surface area contributed by atoms with E-state index in [1.165, 1.54) is 79.8 Å². The molecule has 0 spiro atoms. The van der Waals surface area contributed by atoms with Gasteiger partial charge in [-0.3, -0.25) is 9.59 Å². The van der Waals surface area contributed by atoms with E-state index in [1.54, 1.807) is 23.9 Å². The molecule has 0 bridgehead atoms. The Morgan fingerprint density at radius 3 is 1.62 bits per heavy atom. The molecule has 236 valence electrons. The van der Waals surface area contributed by atoms with Crippen LogP contribution in [0.25, 0.3) is 11.1 Å². The molecule has 0 amide bonds. The maximum atomic E-state index is 13.9. The fraction of sp³-hybridized carbons (Fsp3) is 0.256. The summed E-state index contributed by atoms with van der Waals surface area (Å²) in [6.07, 6.45) is 10.9. The van der Waals surface area contributed by atoms with Gasteiger partial charge in [0.1, 0.15) is 0 Å². The topological polar surface area (TPSA) is 34.1 Å². The molecular weight excluding hydrogens is 613 g/mol. The lowest BCUT2D eigenvalue weighted by Gasteiger charge is -2.29. The van der Waals surface area contributed by atoms with Crippen molar-refractivity contribution in [3.05, 3.63) is 143 Å². The Morgan fingerprint density at radius 1 is 0.553 bits per heavy atom. The van der Waals surface area contributed by atoms with Crippen LogP contribution in [0.2, 0.25) is 0 Å². The summed E-state index contributed by atoms with van der Waals surface area (Å²) in [4.78, 5) is 31.5. The molecule has 1 fully saturated rings. The molecule has 0 saturated heterocycles. The zero-order valence-electron chi connectivity index (χ0n) is 26.9. The highest BCUT2D eigenvalue weighted by Crippen LogP contribution is 2.43. The maximum Gasteiger partial charge on any atom is 0.195 e. The molecule has 0 heterocycles. The summed E-state index contributed by atoms with van der Waals surface area (Å²) in [5.41, 5.74) is 5.85. The van der Waals surface area contributed by atoms with Crippen molar-refractivity contribution in [2.45, 2.75) is 83.8 Å². The normalized spacial score (nSPS) is 17.3. The van der Waals surface area contributed by atoms with E-state index in [2.05, 4.69) is 55.5 Å². The summed E-state index contributed by atoms with van der Waals surface area (Å²) in [7, 11) is 0. The van der Waals surface area contributed by atoms with Crippen LogP contribution in [0.1, 0.15) is 102 Å². The second-order valence-electron chi connectivity index (χ2n) is 12.9. The zero-order valence-corrected chi connectivity index (χ0v) is 28.5. The van der Waals surface area contributed by atoms with Crippen molar-refractivity contribution in [3.63, 3.8) is 0 Å². The van der Waals surface area contributed by atoms with Crippen molar-refractivity contribution in [2.75, 3.05) is 0 Å². The molecule has 4 heteroatoms. The molecule has 47 heavy (non-hydrogen) atoms. The first-order valence-electron chi connectivity index (χ1n) is 17.1. The fourth-order valence-electron chi connectivity index (χ4n) is 7.21. The van der Waals surface area contributed by atoms with Crippen LogP contribution in [0.3, 0.4) is 0 Å². The molecule has 5 aromatic rings. The van der Waals surface area contributed by atoms with Gasteiger partial charge in [-0.15, -0.1) is 0 Å². The lowest BCUT2D eigenvalue weighted by molar-refractivity contribution is 0.0974. The van der Waals surface area contributed by atoms with E-state index < -0.39 is 0 Å². The van der Waals surface area contributed by atoms with E-state index in [1.807, 2.05) is 54.6 Å². The number of carbonyl (C=O) groups excluding carboxylic acids is 2. The molecule has 0 unspecified atom stereocenters. The van der Waals surface area contributed by atoms with Crippen LogP contribution in [0.4, 0.5) is 0 Å². The molecule has 2 nitrogen and oxygen atoms in total. The van der Waals surface area contributed by atoms with Gasteiger partial charge in [0.05, 0.1) is 0 Å². The van der Waals surface area contributed by atoms with Gasteiger partial charge in [-0.1, -0.05) is 135 Å².